The predicted molar refractivity (Wildman–Crippen MR) is 82.6 cm³/mol. The van der Waals surface area contributed by atoms with Gasteiger partial charge in [0.2, 0.25) is 5.91 Å². The third kappa shape index (κ3) is 5.24. The summed E-state index contributed by atoms with van der Waals surface area (Å²) in [6.45, 7) is 1.56. The fourth-order valence-corrected chi connectivity index (χ4v) is 1.70. The third-order valence-electron chi connectivity index (χ3n) is 2.72. The van der Waals surface area contributed by atoms with Crippen LogP contribution in [0.1, 0.15) is 5.69 Å². The lowest BCUT2D eigenvalue weighted by molar-refractivity contribution is -0.125. The zero-order valence-corrected chi connectivity index (χ0v) is 12.2. The van der Waals surface area contributed by atoms with E-state index in [0.717, 1.165) is 5.69 Å². The van der Waals surface area contributed by atoms with Crippen LogP contribution in [0, 0.1) is 6.92 Å². The zero-order chi connectivity index (χ0) is 15.8. The first kappa shape index (κ1) is 15.5. The summed E-state index contributed by atoms with van der Waals surface area (Å²) >= 11 is 0. The molecule has 0 atom stereocenters. The normalized spacial score (nSPS) is 9.86. The van der Waals surface area contributed by atoms with E-state index in [1.807, 2.05) is 31.2 Å². The van der Waals surface area contributed by atoms with E-state index in [4.69, 9.17) is 4.74 Å². The van der Waals surface area contributed by atoms with Gasteiger partial charge in [-0.1, -0.05) is 24.3 Å². The molecule has 0 spiro atoms. The highest BCUT2D eigenvalue weighted by Crippen LogP contribution is 2.07. The van der Waals surface area contributed by atoms with Crippen LogP contribution in [0.4, 0.5) is 5.82 Å². The van der Waals surface area contributed by atoms with Crippen molar-refractivity contribution in [3.05, 3.63) is 54.2 Å². The second-order valence-corrected chi connectivity index (χ2v) is 4.59. The van der Waals surface area contributed by atoms with Crippen molar-refractivity contribution in [2.24, 2.45) is 0 Å². The molecule has 0 radical (unpaired) electrons. The average Bonchev–Trinajstić information content (AvgIpc) is 2.52. The van der Waals surface area contributed by atoms with Gasteiger partial charge in [-0.05, 0) is 31.2 Å². The van der Waals surface area contributed by atoms with Crippen molar-refractivity contribution in [1.29, 1.82) is 0 Å². The summed E-state index contributed by atoms with van der Waals surface area (Å²) in [7, 11) is 0. The molecular formula is C16H17N3O3. The number of hydrogen-bond acceptors (Lipinski definition) is 4. The van der Waals surface area contributed by atoms with Gasteiger partial charge in [-0.25, -0.2) is 4.98 Å². The first-order valence-corrected chi connectivity index (χ1v) is 6.81. The van der Waals surface area contributed by atoms with E-state index in [0.29, 0.717) is 11.6 Å². The van der Waals surface area contributed by atoms with Gasteiger partial charge in [0.05, 0.1) is 6.54 Å². The maximum absolute atomic E-state index is 11.7. The van der Waals surface area contributed by atoms with E-state index in [1.165, 1.54) is 0 Å². The molecular weight excluding hydrogens is 282 g/mol. The number of ether oxygens (including phenoxy) is 1. The molecule has 2 N–H and O–H groups in total. The highest BCUT2D eigenvalue weighted by atomic mass is 16.5. The van der Waals surface area contributed by atoms with Gasteiger partial charge in [0.15, 0.2) is 6.61 Å². The Bertz CT molecular complexity index is 644. The van der Waals surface area contributed by atoms with Crippen molar-refractivity contribution < 1.29 is 14.3 Å². The number of nitrogens with one attached hydrogen (secondary N) is 2. The number of anilines is 1. The van der Waals surface area contributed by atoms with E-state index in [9.17, 15) is 9.59 Å². The van der Waals surface area contributed by atoms with E-state index < -0.39 is 0 Å². The monoisotopic (exact) mass is 299 g/mol. The number of aromatic nitrogens is 1. The summed E-state index contributed by atoms with van der Waals surface area (Å²) in [5.74, 6) is 0.355. The van der Waals surface area contributed by atoms with Crippen molar-refractivity contribution >= 4 is 17.6 Å². The summed E-state index contributed by atoms with van der Waals surface area (Å²) in [5, 5.41) is 5.09. The molecule has 0 fully saturated rings. The molecule has 114 valence electrons. The van der Waals surface area contributed by atoms with Gasteiger partial charge in [-0.2, -0.15) is 0 Å². The van der Waals surface area contributed by atoms with Gasteiger partial charge in [0.25, 0.3) is 5.91 Å². The van der Waals surface area contributed by atoms with Crippen LogP contribution in [-0.4, -0.2) is 29.9 Å². The lowest BCUT2D eigenvalue weighted by Crippen LogP contribution is -2.35. The molecule has 2 rings (SSSR count). The number of carbonyl (C=O) groups is 2. The molecule has 0 unspecified atom stereocenters. The Morgan fingerprint density at radius 1 is 1.05 bits per heavy atom. The zero-order valence-electron chi connectivity index (χ0n) is 12.2. The molecule has 0 bridgehead atoms. The Labute approximate surface area is 128 Å². The third-order valence-corrected chi connectivity index (χ3v) is 2.72. The van der Waals surface area contributed by atoms with Crippen LogP contribution in [0.3, 0.4) is 0 Å². The Kier molecular flexibility index (Phi) is 5.48. The lowest BCUT2D eigenvalue weighted by Gasteiger charge is -2.08. The van der Waals surface area contributed by atoms with Gasteiger partial charge < -0.3 is 15.4 Å². The molecule has 1 aromatic heterocycles. The Balaban J connectivity index is 1.70. The number of pyridine rings is 1. The number of amides is 2. The Morgan fingerprint density at radius 3 is 2.55 bits per heavy atom. The molecule has 0 aliphatic rings. The van der Waals surface area contributed by atoms with Gasteiger partial charge in [0, 0.05) is 5.69 Å². The van der Waals surface area contributed by atoms with Crippen molar-refractivity contribution in [1.82, 2.24) is 10.3 Å². The first-order chi connectivity index (χ1) is 10.6. The summed E-state index contributed by atoms with van der Waals surface area (Å²) < 4.78 is 5.28. The van der Waals surface area contributed by atoms with Gasteiger partial charge >= 0.3 is 0 Å². The summed E-state index contributed by atoms with van der Waals surface area (Å²) in [4.78, 5) is 27.4. The van der Waals surface area contributed by atoms with Crippen molar-refractivity contribution in [2.45, 2.75) is 6.92 Å². The number of nitrogens with zero attached hydrogens (tertiary/aromatic N) is 1. The van der Waals surface area contributed by atoms with Crippen LogP contribution in [0.2, 0.25) is 0 Å². The van der Waals surface area contributed by atoms with E-state index in [-0.39, 0.29) is 25.0 Å². The van der Waals surface area contributed by atoms with Crippen LogP contribution in [0.5, 0.6) is 5.75 Å². The molecule has 0 saturated carbocycles. The lowest BCUT2D eigenvalue weighted by atomic mass is 10.3. The summed E-state index contributed by atoms with van der Waals surface area (Å²) in [6, 6.07) is 14.3. The summed E-state index contributed by atoms with van der Waals surface area (Å²) in [6.07, 6.45) is 0. The highest BCUT2D eigenvalue weighted by molar-refractivity contribution is 5.93. The van der Waals surface area contributed by atoms with Gasteiger partial charge in [-0.15, -0.1) is 0 Å². The maximum atomic E-state index is 11.7. The van der Waals surface area contributed by atoms with Crippen LogP contribution in [-0.2, 0) is 9.59 Å². The van der Waals surface area contributed by atoms with Crippen molar-refractivity contribution in [3.8, 4) is 5.75 Å². The van der Waals surface area contributed by atoms with Crippen LogP contribution < -0.4 is 15.4 Å². The molecule has 6 nitrogen and oxygen atoms in total. The number of para-hydroxylation sites is 1. The van der Waals surface area contributed by atoms with E-state index in [2.05, 4.69) is 15.6 Å². The minimum Gasteiger partial charge on any atom is -0.484 e. The molecule has 0 saturated heterocycles. The summed E-state index contributed by atoms with van der Waals surface area (Å²) in [5.41, 5.74) is 0.804. The maximum Gasteiger partial charge on any atom is 0.258 e. The topological polar surface area (TPSA) is 80.3 Å². The molecule has 22 heavy (non-hydrogen) atoms. The largest absolute Gasteiger partial charge is 0.484 e. The molecule has 0 aliphatic carbocycles. The molecule has 1 heterocycles. The molecule has 2 aromatic rings. The average molecular weight is 299 g/mol. The second kappa shape index (κ2) is 7.78. The van der Waals surface area contributed by atoms with E-state index in [1.54, 1.807) is 24.3 Å². The molecule has 6 heteroatoms. The van der Waals surface area contributed by atoms with Gasteiger partial charge in [-0.3, -0.25) is 9.59 Å². The first-order valence-electron chi connectivity index (χ1n) is 6.81. The number of hydrogen-bond donors (Lipinski definition) is 2. The van der Waals surface area contributed by atoms with Crippen molar-refractivity contribution in [3.63, 3.8) is 0 Å². The standard InChI is InChI=1S/C16H17N3O3/c1-12-6-5-9-14(18-12)19-15(20)10-17-16(21)11-22-13-7-3-2-4-8-13/h2-9H,10-11H2,1H3,(H,17,21)(H,18,19,20). The minimum absolute atomic E-state index is 0.132. The smallest absolute Gasteiger partial charge is 0.258 e. The second-order valence-electron chi connectivity index (χ2n) is 4.59. The highest BCUT2D eigenvalue weighted by Gasteiger charge is 2.07. The fraction of sp³-hybridized carbons (Fsp3) is 0.188. The van der Waals surface area contributed by atoms with Gasteiger partial charge in [0.1, 0.15) is 11.6 Å². The molecule has 2 amide bonds. The van der Waals surface area contributed by atoms with Crippen LogP contribution in [0.25, 0.3) is 0 Å². The number of rotatable bonds is 6. The van der Waals surface area contributed by atoms with Crippen LogP contribution >= 0.6 is 0 Å². The van der Waals surface area contributed by atoms with E-state index >= 15 is 0 Å². The fourth-order valence-electron chi connectivity index (χ4n) is 1.70. The number of benzene rings is 1. The van der Waals surface area contributed by atoms with Crippen molar-refractivity contribution in [2.75, 3.05) is 18.5 Å². The predicted octanol–water partition coefficient (Wildman–Crippen LogP) is 1.52. The number of carbonyl (C=O) groups excluding carboxylic acids is 2. The Morgan fingerprint density at radius 2 is 1.82 bits per heavy atom. The Hall–Kier alpha value is -2.89. The quantitative estimate of drug-likeness (QED) is 0.847. The SMILES string of the molecule is Cc1cccc(NC(=O)CNC(=O)COc2ccccc2)n1. The number of aryl methyl sites for hydroxylation is 1. The molecule has 1 aromatic carbocycles. The molecule has 0 aliphatic heterocycles. The minimum atomic E-state index is -0.365. The van der Waals surface area contributed by atoms with Crippen LogP contribution in [0.15, 0.2) is 48.5 Å².